The molecule has 1 aromatic rings. The summed E-state index contributed by atoms with van der Waals surface area (Å²) in [6.07, 6.45) is -2.84. The molecule has 0 bridgehead atoms. The van der Waals surface area contributed by atoms with Gasteiger partial charge in [0, 0.05) is 17.9 Å². The molecule has 1 aliphatic heterocycles. The monoisotopic (exact) mass is 288 g/mol. The predicted octanol–water partition coefficient (Wildman–Crippen LogP) is 2.13. The van der Waals surface area contributed by atoms with Crippen LogP contribution >= 0.6 is 0 Å². The molecule has 0 radical (unpaired) electrons. The number of carbonyl (C=O) groups excluding carboxylic acids is 1. The van der Waals surface area contributed by atoms with Crippen LogP contribution < -0.4 is 10.6 Å². The molecule has 0 saturated heterocycles. The number of amides is 1. The molecule has 110 valence electrons. The second kappa shape index (κ2) is 5.70. The Kier molecular flexibility index (Phi) is 4.17. The zero-order valence-corrected chi connectivity index (χ0v) is 10.7. The lowest BCUT2D eigenvalue weighted by Gasteiger charge is -2.29. The molecule has 0 saturated carbocycles. The van der Waals surface area contributed by atoms with E-state index in [1.807, 2.05) is 6.07 Å². The van der Waals surface area contributed by atoms with Crippen molar-refractivity contribution in [1.82, 2.24) is 0 Å². The van der Waals surface area contributed by atoms with Crippen LogP contribution in [0.1, 0.15) is 12.0 Å². The first kappa shape index (κ1) is 14.6. The van der Waals surface area contributed by atoms with E-state index < -0.39 is 25.3 Å². The zero-order valence-electron chi connectivity index (χ0n) is 10.7. The maximum Gasteiger partial charge on any atom is 0.411 e. The third kappa shape index (κ3) is 3.63. The van der Waals surface area contributed by atoms with Crippen LogP contribution in [-0.2, 0) is 16.0 Å². The summed E-state index contributed by atoms with van der Waals surface area (Å²) in [6.45, 7) is -1.55. The van der Waals surface area contributed by atoms with Gasteiger partial charge in [-0.25, -0.2) is 0 Å². The van der Waals surface area contributed by atoms with Crippen LogP contribution in [0.2, 0.25) is 0 Å². The molecule has 2 rings (SSSR count). The Morgan fingerprint density at radius 2 is 2.15 bits per heavy atom. The molecule has 2 N–H and O–H groups in total. The van der Waals surface area contributed by atoms with Gasteiger partial charge in [0.05, 0.1) is 0 Å². The molecular formula is C13H15F3N2O2. The highest BCUT2D eigenvalue weighted by Gasteiger charge is 2.29. The Morgan fingerprint density at radius 1 is 1.40 bits per heavy atom. The van der Waals surface area contributed by atoms with Gasteiger partial charge in [-0.15, -0.1) is 0 Å². The molecule has 0 unspecified atom stereocenters. The number of fused-ring (bicyclic) bond motifs is 1. The average Bonchev–Trinajstić information content (AvgIpc) is 2.36. The summed E-state index contributed by atoms with van der Waals surface area (Å²) in [4.78, 5) is 13.4. The number of hydrogen-bond donors (Lipinski definition) is 1. The van der Waals surface area contributed by atoms with Crippen molar-refractivity contribution in [2.24, 2.45) is 0 Å². The first-order valence-electron chi connectivity index (χ1n) is 6.20. The number of nitrogens with zero attached hydrogens (tertiary/aromatic N) is 1. The Bertz CT molecular complexity index is 503. The number of ether oxygens (including phenoxy) is 1. The van der Waals surface area contributed by atoms with E-state index in [9.17, 15) is 18.0 Å². The van der Waals surface area contributed by atoms with Gasteiger partial charge in [0.1, 0.15) is 13.2 Å². The highest BCUT2D eigenvalue weighted by Crippen LogP contribution is 2.29. The van der Waals surface area contributed by atoms with Crippen LogP contribution in [0.5, 0.6) is 0 Å². The number of aryl methyl sites for hydroxylation is 1. The summed E-state index contributed by atoms with van der Waals surface area (Å²) in [5.41, 5.74) is 7.83. The molecule has 0 aliphatic carbocycles. The van der Waals surface area contributed by atoms with Gasteiger partial charge < -0.3 is 15.4 Å². The van der Waals surface area contributed by atoms with Crippen molar-refractivity contribution in [1.29, 1.82) is 0 Å². The Morgan fingerprint density at radius 3 is 2.85 bits per heavy atom. The number of nitrogens with two attached hydrogens (primary N) is 1. The Labute approximate surface area is 114 Å². The van der Waals surface area contributed by atoms with E-state index in [4.69, 9.17) is 5.73 Å². The number of hydrogen-bond acceptors (Lipinski definition) is 3. The van der Waals surface area contributed by atoms with Crippen molar-refractivity contribution < 1.29 is 22.7 Å². The number of nitrogen functional groups attached to an aromatic ring is 1. The quantitative estimate of drug-likeness (QED) is 0.867. The van der Waals surface area contributed by atoms with E-state index in [-0.39, 0.29) is 0 Å². The normalized spacial score (nSPS) is 15.1. The molecule has 7 heteroatoms. The van der Waals surface area contributed by atoms with E-state index in [2.05, 4.69) is 4.74 Å². The fraction of sp³-hybridized carbons (Fsp3) is 0.462. The SMILES string of the molecule is Nc1ccc2c(c1)N(C(=O)COCC(F)(F)F)CCC2. The summed E-state index contributed by atoms with van der Waals surface area (Å²) in [5.74, 6) is -0.485. The standard InChI is InChI=1S/C13H15F3N2O2/c14-13(15,16)8-20-7-12(19)18-5-1-2-9-3-4-10(17)6-11(9)18/h3-4,6H,1-2,5,7-8,17H2. The van der Waals surface area contributed by atoms with Crippen LogP contribution in [0.3, 0.4) is 0 Å². The average molecular weight is 288 g/mol. The fourth-order valence-electron chi connectivity index (χ4n) is 2.18. The number of rotatable bonds is 3. The van der Waals surface area contributed by atoms with Crippen LogP contribution in [0.25, 0.3) is 0 Å². The van der Waals surface area contributed by atoms with Gasteiger partial charge in [0.25, 0.3) is 5.91 Å². The number of alkyl halides is 3. The lowest BCUT2D eigenvalue weighted by molar-refractivity contribution is -0.175. The second-order valence-corrected chi connectivity index (χ2v) is 4.65. The second-order valence-electron chi connectivity index (χ2n) is 4.65. The third-order valence-electron chi connectivity index (χ3n) is 3.02. The molecule has 1 aliphatic rings. The lowest BCUT2D eigenvalue weighted by Crippen LogP contribution is -2.38. The fourth-order valence-corrected chi connectivity index (χ4v) is 2.18. The highest BCUT2D eigenvalue weighted by atomic mass is 19.4. The van der Waals surface area contributed by atoms with Crippen molar-refractivity contribution >= 4 is 17.3 Å². The minimum Gasteiger partial charge on any atom is -0.399 e. The van der Waals surface area contributed by atoms with Crippen LogP contribution in [0.15, 0.2) is 18.2 Å². The van der Waals surface area contributed by atoms with E-state index in [0.29, 0.717) is 17.9 Å². The predicted molar refractivity (Wildman–Crippen MR) is 68.4 cm³/mol. The number of carbonyl (C=O) groups is 1. The molecule has 0 atom stereocenters. The summed E-state index contributed by atoms with van der Waals surface area (Å²) in [5, 5.41) is 0. The number of halogens is 3. The summed E-state index contributed by atoms with van der Waals surface area (Å²) < 4.78 is 40.3. The molecule has 0 aromatic heterocycles. The van der Waals surface area contributed by atoms with Crippen molar-refractivity contribution in [2.75, 3.05) is 30.4 Å². The third-order valence-corrected chi connectivity index (χ3v) is 3.02. The number of benzene rings is 1. The van der Waals surface area contributed by atoms with Gasteiger partial charge >= 0.3 is 6.18 Å². The Hall–Kier alpha value is -1.76. The molecule has 1 amide bonds. The molecular weight excluding hydrogens is 273 g/mol. The minimum atomic E-state index is -4.43. The highest BCUT2D eigenvalue weighted by molar-refractivity contribution is 5.96. The minimum absolute atomic E-state index is 0.463. The van der Waals surface area contributed by atoms with Gasteiger partial charge in [-0.2, -0.15) is 13.2 Å². The zero-order chi connectivity index (χ0) is 14.8. The summed E-state index contributed by atoms with van der Waals surface area (Å²) in [6, 6.07) is 5.24. The first-order chi connectivity index (χ1) is 9.37. The van der Waals surface area contributed by atoms with E-state index in [0.717, 1.165) is 18.4 Å². The van der Waals surface area contributed by atoms with Crippen molar-refractivity contribution in [3.63, 3.8) is 0 Å². The topological polar surface area (TPSA) is 55.6 Å². The van der Waals surface area contributed by atoms with Crippen molar-refractivity contribution in [3.05, 3.63) is 23.8 Å². The van der Waals surface area contributed by atoms with Gasteiger partial charge in [0.15, 0.2) is 0 Å². The van der Waals surface area contributed by atoms with Gasteiger partial charge in [-0.1, -0.05) is 6.07 Å². The van der Waals surface area contributed by atoms with Gasteiger partial charge in [-0.05, 0) is 30.5 Å². The smallest absolute Gasteiger partial charge is 0.399 e. The summed E-state index contributed by atoms with van der Waals surface area (Å²) in [7, 11) is 0. The lowest BCUT2D eigenvalue weighted by atomic mass is 10.0. The van der Waals surface area contributed by atoms with Crippen LogP contribution in [-0.4, -0.2) is 31.8 Å². The molecule has 1 aromatic carbocycles. The Balaban J connectivity index is 2.03. The largest absolute Gasteiger partial charge is 0.411 e. The molecule has 20 heavy (non-hydrogen) atoms. The molecule has 0 spiro atoms. The van der Waals surface area contributed by atoms with Crippen molar-refractivity contribution in [3.8, 4) is 0 Å². The molecule has 4 nitrogen and oxygen atoms in total. The number of anilines is 2. The maximum absolute atomic E-state index is 12.0. The van der Waals surface area contributed by atoms with Gasteiger partial charge in [-0.3, -0.25) is 4.79 Å². The van der Waals surface area contributed by atoms with Gasteiger partial charge in [0.2, 0.25) is 0 Å². The molecule has 1 heterocycles. The van der Waals surface area contributed by atoms with Crippen LogP contribution in [0, 0.1) is 0 Å². The van der Waals surface area contributed by atoms with E-state index in [1.54, 1.807) is 12.1 Å². The molecule has 0 fully saturated rings. The van der Waals surface area contributed by atoms with E-state index >= 15 is 0 Å². The maximum atomic E-state index is 12.0. The summed E-state index contributed by atoms with van der Waals surface area (Å²) >= 11 is 0. The van der Waals surface area contributed by atoms with Crippen molar-refractivity contribution in [2.45, 2.75) is 19.0 Å². The first-order valence-corrected chi connectivity index (χ1v) is 6.20. The van der Waals surface area contributed by atoms with E-state index in [1.165, 1.54) is 4.90 Å². The van der Waals surface area contributed by atoms with Crippen LogP contribution in [0.4, 0.5) is 24.5 Å².